The van der Waals surface area contributed by atoms with Gasteiger partial charge in [-0.05, 0) is 31.4 Å². The van der Waals surface area contributed by atoms with Crippen LogP contribution in [0.4, 0.5) is 0 Å². The zero-order valence-electron chi connectivity index (χ0n) is 11.9. The Morgan fingerprint density at radius 1 is 1.42 bits per heavy atom. The molecule has 2 atom stereocenters. The number of allylic oxidation sites excluding steroid dienone is 1. The van der Waals surface area contributed by atoms with Gasteiger partial charge in [-0.25, -0.2) is 0 Å². The van der Waals surface area contributed by atoms with Crippen molar-refractivity contribution in [3.8, 4) is 5.75 Å². The fraction of sp³-hybridized carbons (Fsp3) is 0.500. The van der Waals surface area contributed by atoms with Crippen molar-refractivity contribution in [3.05, 3.63) is 42.5 Å². The van der Waals surface area contributed by atoms with E-state index in [4.69, 9.17) is 4.74 Å². The molecule has 0 spiro atoms. The van der Waals surface area contributed by atoms with Crippen LogP contribution in [0.15, 0.2) is 36.9 Å². The standard InChI is InChI=1S/C16H25NO2/c1-4-8-14-9-6-7-10-16(14)19-12-15(18)11-17-13(3)5-2/h4,6-7,9-10,13,15,17-18H,1,5,8,11-12H2,2-3H3. The van der Waals surface area contributed by atoms with Crippen molar-refractivity contribution in [1.82, 2.24) is 5.32 Å². The molecule has 3 nitrogen and oxygen atoms in total. The highest BCUT2D eigenvalue weighted by Gasteiger charge is 2.08. The number of nitrogens with one attached hydrogen (secondary N) is 1. The maximum atomic E-state index is 9.87. The van der Waals surface area contributed by atoms with Gasteiger partial charge in [-0.3, -0.25) is 0 Å². The number of aliphatic hydroxyl groups excluding tert-OH is 1. The van der Waals surface area contributed by atoms with Crippen LogP contribution in [0.5, 0.6) is 5.75 Å². The van der Waals surface area contributed by atoms with Crippen LogP contribution in [0.3, 0.4) is 0 Å². The van der Waals surface area contributed by atoms with Gasteiger partial charge in [-0.15, -0.1) is 6.58 Å². The fourth-order valence-corrected chi connectivity index (χ4v) is 1.70. The monoisotopic (exact) mass is 263 g/mol. The van der Waals surface area contributed by atoms with Gasteiger partial charge in [-0.2, -0.15) is 0 Å². The highest BCUT2D eigenvalue weighted by molar-refractivity contribution is 5.34. The SMILES string of the molecule is C=CCc1ccccc1OCC(O)CNC(C)CC. The molecule has 0 fully saturated rings. The van der Waals surface area contributed by atoms with E-state index in [0.29, 0.717) is 19.2 Å². The van der Waals surface area contributed by atoms with E-state index in [2.05, 4.69) is 25.7 Å². The molecule has 1 rings (SSSR count). The average molecular weight is 263 g/mol. The zero-order valence-corrected chi connectivity index (χ0v) is 11.9. The lowest BCUT2D eigenvalue weighted by Gasteiger charge is -2.17. The molecule has 0 saturated carbocycles. The molecule has 1 aromatic carbocycles. The largest absolute Gasteiger partial charge is 0.491 e. The van der Waals surface area contributed by atoms with Gasteiger partial charge >= 0.3 is 0 Å². The lowest BCUT2D eigenvalue weighted by Crippen LogP contribution is -2.36. The molecule has 0 aromatic heterocycles. The second kappa shape index (κ2) is 8.73. The molecule has 0 aliphatic rings. The molecule has 0 amide bonds. The third-order valence-corrected chi connectivity index (χ3v) is 3.08. The fourth-order valence-electron chi connectivity index (χ4n) is 1.70. The van der Waals surface area contributed by atoms with E-state index >= 15 is 0 Å². The van der Waals surface area contributed by atoms with Crippen molar-refractivity contribution >= 4 is 0 Å². The van der Waals surface area contributed by atoms with Crippen molar-refractivity contribution in [2.45, 2.75) is 38.8 Å². The summed E-state index contributed by atoms with van der Waals surface area (Å²) in [5.74, 6) is 0.824. The number of rotatable bonds is 9. The van der Waals surface area contributed by atoms with E-state index in [1.807, 2.05) is 30.3 Å². The number of para-hydroxylation sites is 1. The lowest BCUT2D eigenvalue weighted by atomic mass is 10.1. The van der Waals surface area contributed by atoms with Gasteiger partial charge in [0.1, 0.15) is 18.5 Å². The normalized spacial score (nSPS) is 13.8. The van der Waals surface area contributed by atoms with Crippen LogP contribution in [0.1, 0.15) is 25.8 Å². The van der Waals surface area contributed by atoms with E-state index in [-0.39, 0.29) is 0 Å². The van der Waals surface area contributed by atoms with Gasteiger partial charge in [0.15, 0.2) is 0 Å². The molecule has 0 radical (unpaired) electrons. The molecule has 3 heteroatoms. The quantitative estimate of drug-likeness (QED) is 0.673. The minimum atomic E-state index is -0.495. The highest BCUT2D eigenvalue weighted by atomic mass is 16.5. The number of aliphatic hydroxyl groups is 1. The van der Waals surface area contributed by atoms with Gasteiger partial charge < -0.3 is 15.2 Å². The topological polar surface area (TPSA) is 41.5 Å². The van der Waals surface area contributed by atoms with Crippen molar-refractivity contribution in [1.29, 1.82) is 0 Å². The second-order valence-electron chi connectivity index (χ2n) is 4.78. The molecule has 0 aliphatic carbocycles. The van der Waals surface area contributed by atoms with Gasteiger partial charge in [0.2, 0.25) is 0 Å². The van der Waals surface area contributed by atoms with E-state index in [1.54, 1.807) is 0 Å². The molecule has 0 saturated heterocycles. The Hall–Kier alpha value is -1.32. The van der Waals surface area contributed by atoms with E-state index in [0.717, 1.165) is 24.2 Å². The van der Waals surface area contributed by atoms with Crippen LogP contribution in [0.2, 0.25) is 0 Å². The number of ether oxygens (including phenoxy) is 1. The van der Waals surface area contributed by atoms with Crippen molar-refractivity contribution in [2.24, 2.45) is 0 Å². The summed E-state index contributed by atoms with van der Waals surface area (Å²) in [5.41, 5.74) is 1.10. The predicted molar refractivity (Wildman–Crippen MR) is 79.6 cm³/mol. The Kier molecular flexibility index (Phi) is 7.23. The summed E-state index contributed by atoms with van der Waals surface area (Å²) in [6.45, 7) is 8.81. The van der Waals surface area contributed by atoms with Crippen molar-refractivity contribution in [2.75, 3.05) is 13.2 Å². The first-order valence-electron chi connectivity index (χ1n) is 6.90. The summed E-state index contributed by atoms with van der Waals surface area (Å²) in [7, 11) is 0. The highest BCUT2D eigenvalue weighted by Crippen LogP contribution is 2.18. The third kappa shape index (κ3) is 5.90. The van der Waals surface area contributed by atoms with Crippen LogP contribution >= 0.6 is 0 Å². The summed E-state index contributed by atoms with van der Waals surface area (Å²) in [5, 5.41) is 13.1. The zero-order chi connectivity index (χ0) is 14.1. The molecular weight excluding hydrogens is 238 g/mol. The smallest absolute Gasteiger partial charge is 0.122 e. The first-order valence-corrected chi connectivity index (χ1v) is 6.90. The van der Waals surface area contributed by atoms with Crippen LogP contribution < -0.4 is 10.1 Å². The molecule has 1 aromatic rings. The molecular formula is C16H25NO2. The molecule has 0 bridgehead atoms. The van der Waals surface area contributed by atoms with Crippen molar-refractivity contribution in [3.63, 3.8) is 0 Å². The number of hydrogen-bond acceptors (Lipinski definition) is 3. The predicted octanol–water partition coefficient (Wildman–Crippen LogP) is 2.54. The Morgan fingerprint density at radius 3 is 2.84 bits per heavy atom. The minimum Gasteiger partial charge on any atom is -0.491 e. The third-order valence-electron chi connectivity index (χ3n) is 3.08. The maximum absolute atomic E-state index is 9.87. The van der Waals surface area contributed by atoms with Crippen LogP contribution in [-0.2, 0) is 6.42 Å². The van der Waals surface area contributed by atoms with Gasteiger partial charge in [0, 0.05) is 12.6 Å². The van der Waals surface area contributed by atoms with Gasteiger partial charge in [0.05, 0.1) is 0 Å². The van der Waals surface area contributed by atoms with Crippen molar-refractivity contribution < 1.29 is 9.84 Å². The molecule has 0 heterocycles. The van der Waals surface area contributed by atoms with Crippen LogP contribution in [0, 0.1) is 0 Å². The Labute approximate surface area is 116 Å². The first-order chi connectivity index (χ1) is 9.17. The van der Waals surface area contributed by atoms with E-state index in [9.17, 15) is 5.11 Å². The maximum Gasteiger partial charge on any atom is 0.122 e. The van der Waals surface area contributed by atoms with Gasteiger partial charge in [0.25, 0.3) is 0 Å². The first kappa shape index (κ1) is 15.7. The molecule has 2 N–H and O–H groups in total. The number of hydrogen-bond donors (Lipinski definition) is 2. The molecule has 2 unspecified atom stereocenters. The second-order valence-corrected chi connectivity index (χ2v) is 4.78. The Bertz CT molecular complexity index is 379. The molecule has 19 heavy (non-hydrogen) atoms. The van der Waals surface area contributed by atoms with Crippen LogP contribution in [-0.4, -0.2) is 30.4 Å². The van der Waals surface area contributed by atoms with E-state index < -0.39 is 6.10 Å². The summed E-state index contributed by atoms with van der Waals surface area (Å²) in [6, 6.07) is 8.27. The average Bonchev–Trinajstić information content (AvgIpc) is 2.44. The summed E-state index contributed by atoms with van der Waals surface area (Å²) < 4.78 is 5.68. The van der Waals surface area contributed by atoms with E-state index in [1.165, 1.54) is 0 Å². The molecule has 106 valence electrons. The Balaban J connectivity index is 2.41. The summed E-state index contributed by atoms with van der Waals surface area (Å²) in [6.07, 6.45) is 3.18. The number of benzene rings is 1. The summed E-state index contributed by atoms with van der Waals surface area (Å²) in [4.78, 5) is 0. The van der Waals surface area contributed by atoms with Crippen LogP contribution in [0.25, 0.3) is 0 Å². The molecule has 0 aliphatic heterocycles. The minimum absolute atomic E-state index is 0.303. The lowest BCUT2D eigenvalue weighted by molar-refractivity contribution is 0.103. The Morgan fingerprint density at radius 2 is 2.16 bits per heavy atom. The summed E-state index contributed by atoms with van der Waals surface area (Å²) >= 11 is 0. The van der Waals surface area contributed by atoms with Gasteiger partial charge in [-0.1, -0.05) is 31.2 Å².